The van der Waals surface area contributed by atoms with Crippen molar-refractivity contribution in [3.8, 4) is 11.5 Å². The summed E-state index contributed by atoms with van der Waals surface area (Å²) >= 11 is 0. The second-order valence-electron chi connectivity index (χ2n) is 12.3. The van der Waals surface area contributed by atoms with Gasteiger partial charge in [0.1, 0.15) is 17.5 Å². The minimum Gasteiger partial charge on any atom is -0.497 e. The van der Waals surface area contributed by atoms with Gasteiger partial charge < -0.3 is 19.3 Å². The molecular weight excluding hydrogens is 494 g/mol. The van der Waals surface area contributed by atoms with Crippen molar-refractivity contribution in [2.24, 2.45) is 10.5 Å². The number of hydrogen-bond acceptors (Lipinski definition) is 6. The molecule has 2 fully saturated rings. The molecule has 0 saturated carbocycles. The Morgan fingerprint density at radius 1 is 1.15 bits per heavy atom. The fraction of sp³-hybridized carbons (Fsp3) is 0.633. The highest BCUT2D eigenvalue weighted by molar-refractivity contribution is 5.96. The molecule has 0 aromatic heterocycles. The van der Waals surface area contributed by atoms with E-state index in [1.807, 2.05) is 45.8 Å². The van der Waals surface area contributed by atoms with Crippen LogP contribution in [0.5, 0.6) is 11.5 Å². The lowest BCUT2D eigenvalue weighted by Gasteiger charge is -2.45. The van der Waals surface area contributed by atoms with Crippen molar-refractivity contribution >= 4 is 17.6 Å². The van der Waals surface area contributed by atoms with E-state index in [0.717, 1.165) is 34.0 Å². The molecule has 3 amide bonds. The van der Waals surface area contributed by atoms with Crippen molar-refractivity contribution in [2.45, 2.75) is 77.9 Å². The number of carbonyl (C=O) groups is 2. The number of ether oxygens (including phenoxy) is 2. The van der Waals surface area contributed by atoms with Gasteiger partial charge in [-0.05, 0) is 31.4 Å². The average molecular weight is 538 g/mol. The van der Waals surface area contributed by atoms with E-state index in [2.05, 4.69) is 33.8 Å². The fourth-order valence-corrected chi connectivity index (χ4v) is 6.89. The van der Waals surface area contributed by atoms with Crippen molar-refractivity contribution < 1.29 is 19.1 Å². The maximum absolute atomic E-state index is 13.9. The fourth-order valence-electron chi connectivity index (χ4n) is 6.89. The molecule has 1 aromatic carbocycles. The number of rotatable bonds is 4. The third kappa shape index (κ3) is 4.34. The smallest absolute Gasteiger partial charge is 0.325 e. The Hall–Kier alpha value is -3.23. The Kier molecular flexibility index (Phi) is 6.84. The Labute approximate surface area is 232 Å². The Morgan fingerprint density at radius 3 is 2.41 bits per heavy atom. The number of likely N-dealkylation sites (tertiary alicyclic amines) is 1. The van der Waals surface area contributed by atoms with Gasteiger partial charge in [-0.2, -0.15) is 5.10 Å². The molecule has 9 nitrogen and oxygen atoms in total. The number of hydrazone groups is 1. The number of piperidine rings is 1. The first-order valence-corrected chi connectivity index (χ1v) is 14.1. The molecular formula is C30H43N5O4. The molecule has 212 valence electrons. The molecule has 9 heteroatoms. The van der Waals surface area contributed by atoms with Gasteiger partial charge in [0.05, 0.1) is 26.3 Å². The van der Waals surface area contributed by atoms with Crippen LogP contribution in [0.4, 0.5) is 4.79 Å². The summed E-state index contributed by atoms with van der Waals surface area (Å²) in [6.45, 7) is 13.0. The number of benzene rings is 1. The lowest BCUT2D eigenvalue weighted by atomic mass is 9.81. The summed E-state index contributed by atoms with van der Waals surface area (Å²) in [5, 5.41) is 6.53. The maximum atomic E-state index is 13.9. The van der Waals surface area contributed by atoms with Gasteiger partial charge in [-0.15, -0.1) is 0 Å². The summed E-state index contributed by atoms with van der Waals surface area (Å²) in [7, 11) is 5.22. The summed E-state index contributed by atoms with van der Waals surface area (Å²) in [6, 6.07) is 3.71. The number of likely N-dealkylation sites (N-methyl/N-ethyl adjacent to an activating group) is 2. The molecule has 0 radical (unpaired) electrons. The van der Waals surface area contributed by atoms with Crippen molar-refractivity contribution in [1.29, 1.82) is 0 Å². The molecule has 5 rings (SSSR count). The lowest BCUT2D eigenvalue weighted by molar-refractivity contribution is -0.137. The Morgan fingerprint density at radius 2 is 1.85 bits per heavy atom. The Balaban J connectivity index is 1.41. The van der Waals surface area contributed by atoms with Gasteiger partial charge in [0.2, 0.25) is 5.91 Å². The minimum atomic E-state index is -0.426. The van der Waals surface area contributed by atoms with Gasteiger partial charge in [-0.1, -0.05) is 33.8 Å². The first kappa shape index (κ1) is 27.3. The average Bonchev–Trinajstić information content (AvgIpc) is 3.33. The zero-order valence-corrected chi connectivity index (χ0v) is 24.7. The van der Waals surface area contributed by atoms with Gasteiger partial charge >= 0.3 is 6.03 Å². The monoisotopic (exact) mass is 537 g/mol. The molecule has 1 aromatic rings. The quantitative estimate of drug-likeness (QED) is 0.568. The molecule has 0 N–H and O–H groups in total. The van der Waals surface area contributed by atoms with Crippen molar-refractivity contribution in [3.05, 3.63) is 35.0 Å². The second kappa shape index (κ2) is 9.75. The standard InChI is InChI=1S/C30H43N5O4/c1-9-35-28(37)34-18-20-15-21(38-7)16-23(39-8)26(20)19(2)14-25(34)30(35)10-12-33(13-11-30)27(36)22-17-24(29(3,4)5)31-32(22)6/h14-16,19,22H,9-13,17-18H2,1-8H3/t19-,22?/m0/s1. The molecule has 1 spiro atoms. The van der Waals surface area contributed by atoms with Crippen LogP contribution >= 0.6 is 0 Å². The first-order valence-electron chi connectivity index (χ1n) is 14.1. The van der Waals surface area contributed by atoms with Gasteiger partial charge in [0, 0.05) is 67.5 Å². The van der Waals surface area contributed by atoms with Crippen LogP contribution < -0.4 is 9.47 Å². The molecule has 39 heavy (non-hydrogen) atoms. The van der Waals surface area contributed by atoms with Crippen molar-refractivity contribution in [3.63, 3.8) is 0 Å². The highest BCUT2D eigenvalue weighted by Crippen LogP contribution is 2.49. The molecule has 4 heterocycles. The summed E-state index contributed by atoms with van der Waals surface area (Å²) in [4.78, 5) is 33.5. The van der Waals surface area contributed by atoms with Crippen LogP contribution in [0, 0.1) is 5.41 Å². The van der Waals surface area contributed by atoms with Crippen LogP contribution in [-0.2, 0) is 11.3 Å². The molecule has 0 bridgehead atoms. The van der Waals surface area contributed by atoms with E-state index in [4.69, 9.17) is 14.6 Å². The number of nitrogens with zero attached hydrogens (tertiary/aromatic N) is 5. The van der Waals surface area contributed by atoms with Crippen LogP contribution in [0.3, 0.4) is 0 Å². The number of methoxy groups -OCH3 is 2. The van der Waals surface area contributed by atoms with Crippen LogP contribution in [0.2, 0.25) is 0 Å². The third-order valence-corrected chi connectivity index (χ3v) is 9.08. The van der Waals surface area contributed by atoms with Crippen LogP contribution in [-0.4, -0.2) is 89.8 Å². The predicted molar refractivity (Wildman–Crippen MR) is 151 cm³/mol. The predicted octanol–water partition coefficient (Wildman–Crippen LogP) is 4.43. The van der Waals surface area contributed by atoms with E-state index in [1.54, 1.807) is 14.2 Å². The van der Waals surface area contributed by atoms with E-state index in [9.17, 15) is 9.59 Å². The first-order chi connectivity index (χ1) is 18.4. The van der Waals surface area contributed by atoms with Gasteiger partial charge in [-0.3, -0.25) is 14.7 Å². The number of amides is 3. The number of fused-ring (bicyclic) bond motifs is 3. The molecule has 2 atom stereocenters. The van der Waals surface area contributed by atoms with Gasteiger partial charge in [0.25, 0.3) is 0 Å². The number of urea groups is 1. The Bertz CT molecular complexity index is 1220. The minimum absolute atomic E-state index is 0.0316. The molecule has 0 aliphatic carbocycles. The van der Waals surface area contributed by atoms with Crippen molar-refractivity contribution in [2.75, 3.05) is 40.9 Å². The summed E-state index contributed by atoms with van der Waals surface area (Å²) < 4.78 is 11.3. The zero-order chi connectivity index (χ0) is 28.3. The van der Waals surface area contributed by atoms with E-state index >= 15 is 0 Å². The SMILES string of the molecule is CCN1C(=O)N2Cc3cc(OC)cc(OC)c3[C@@H](C)C=C2C12CCN(C(=O)C1CC(C(C)(C)C)=NN1C)CC2. The zero-order valence-electron chi connectivity index (χ0n) is 24.7. The third-order valence-electron chi connectivity index (χ3n) is 9.08. The largest absolute Gasteiger partial charge is 0.497 e. The maximum Gasteiger partial charge on any atom is 0.325 e. The number of allylic oxidation sites excluding steroid dienone is 1. The number of hydrogen-bond donors (Lipinski definition) is 0. The van der Waals surface area contributed by atoms with E-state index in [1.165, 1.54) is 0 Å². The highest BCUT2D eigenvalue weighted by Gasteiger charge is 2.55. The topological polar surface area (TPSA) is 77.9 Å². The summed E-state index contributed by atoms with van der Waals surface area (Å²) in [6.07, 6.45) is 4.35. The van der Waals surface area contributed by atoms with Gasteiger partial charge in [-0.25, -0.2) is 4.79 Å². The molecule has 4 aliphatic heterocycles. The lowest BCUT2D eigenvalue weighted by Crippen LogP contribution is -2.56. The summed E-state index contributed by atoms with van der Waals surface area (Å²) in [5.74, 6) is 1.69. The molecule has 4 aliphatic rings. The summed E-state index contributed by atoms with van der Waals surface area (Å²) in [5.41, 5.74) is 3.77. The van der Waals surface area contributed by atoms with Crippen LogP contribution in [0.15, 0.2) is 29.0 Å². The van der Waals surface area contributed by atoms with Crippen molar-refractivity contribution in [1.82, 2.24) is 19.7 Å². The van der Waals surface area contributed by atoms with Crippen LogP contribution in [0.1, 0.15) is 70.9 Å². The molecule has 2 saturated heterocycles. The van der Waals surface area contributed by atoms with Gasteiger partial charge in [0.15, 0.2) is 0 Å². The normalized spacial score (nSPS) is 24.4. The van der Waals surface area contributed by atoms with E-state index in [0.29, 0.717) is 45.4 Å². The van der Waals surface area contributed by atoms with E-state index < -0.39 is 5.54 Å². The molecule has 1 unspecified atom stereocenters. The second-order valence-corrected chi connectivity index (χ2v) is 12.3. The van der Waals surface area contributed by atoms with E-state index in [-0.39, 0.29) is 29.3 Å². The number of carbonyl (C=O) groups excluding carboxylic acids is 2. The van der Waals surface area contributed by atoms with Crippen LogP contribution in [0.25, 0.3) is 0 Å². The highest BCUT2D eigenvalue weighted by atomic mass is 16.5.